The average molecular weight is 353 g/mol. The van der Waals surface area contributed by atoms with Crippen molar-refractivity contribution in [2.45, 2.75) is 13.0 Å². The monoisotopic (exact) mass is 353 g/mol. The van der Waals surface area contributed by atoms with Gasteiger partial charge in [-0.3, -0.25) is 0 Å². The van der Waals surface area contributed by atoms with Gasteiger partial charge in [-0.1, -0.05) is 0 Å². The molecule has 26 heavy (non-hydrogen) atoms. The number of hydrogen-bond acceptors (Lipinski definition) is 7. The fourth-order valence-electron chi connectivity index (χ4n) is 2.72. The van der Waals surface area contributed by atoms with E-state index >= 15 is 0 Å². The number of nitrogens with one attached hydrogen (secondary N) is 1. The number of nitrogens with two attached hydrogens (primary N) is 1. The zero-order valence-electron chi connectivity index (χ0n) is 14.1. The molecule has 132 valence electrons. The normalized spacial score (nSPS) is 12.4. The summed E-state index contributed by atoms with van der Waals surface area (Å²) in [6, 6.07) is 1.62. The van der Waals surface area contributed by atoms with Crippen LogP contribution in [0, 0.1) is 5.82 Å². The van der Waals surface area contributed by atoms with Crippen molar-refractivity contribution in [2.75, 3.05) is 11.1 Å². The van der Waals surface area contributed by atoms with Crippen LogP contribution < -0.4 is 11.1 Å². The summed E-state index contributed by atoms with van der Waals surface area (Å²) in [5, 5.41) is 3.93. The Morgan fingerprint density at radius 2 is 1.96 bits per heavy atom. The Bertz CT molecular complexity index is 1070. The molecular formula is C16H16FN9. The van der Waals surface area contributed by atoms with Crippen LogP contribution in [0.25, 0.3) is 11.0 Å². The first-order valence-corrected chi connectivity index (χ1v) is 7.88. The molecule has 0 saturated carbocycles. The molecular weight excluding hydrogens is 337 g/mol. The van der Waals surface area contributed by atoms with Crippen LogP contribution in [-0.4, -0.2) is 34.1 Å². The van der Waals surface area contributed by atoms with Gasteiger partial charge in [0.1, 0.15) is 17.3 Å². The van der Waals surface area contributed by atoms with Gasteiger partial charge >= 0.3 is 0 Å². The maximum Gasteiger partial charge on any atom is 0.224 e. The van der Waals surface area contributed by atoms with Crippen LogP contribution in [-0.2, 0) is 7.05 Å². The van der Waals surface area contributed by atoms with Crippen molar-refractivity contribution < 1.29 is 4.39 Å². The van der Waals surface area contributed by atoms with Crippen LogP contribution in [0.1, 0.15) is 18.8 Å². The van der Waals surface area contributed by atoms with E-state index in [4.69, 9.17) is 5.73 Å². The van der Waals surface area contributed by atoms with Gasteiger partial charge in [0.25, 0.3) is 0 Å². The summed E-state index contributed by atoms with van der Waals surface area (Å²) in [5.41, 5.74) is 6.51. The standard InChI is InChI=1S/C16H16FN9/c1-9(13-19-5-10(17)6-20-13)26-4-3-11-14(23-16(18)24-15(11)26)22-12-7-25(2)8-21-12/h3-9H,1-2H3,(H3,18,22,23,24). The highest BCUT2D eigenvalue weighted by Crippen LogP contribution is 2.28. The first-order chi connectivity index (χ1) is 12.5. The topological polar surface area (TPSA) is 112 Å². The average Bonchev–Trinajstić information content (AvgIpc) is 3.21. The lowest BCUT2D eigenvalue weighted by Gasteiger charge is -2.13. The number of halogens is 1. The Balaban J connectivity index is 1.76. The molecule has 1 unspecified atom stereocenters. The van der Waals surface area contributed by atoms with E-state index in [0.29, 0.717) is 23.1 Å². The molecule has 10 heteroatoms. The Morgan fingerprint density at radius 1 is 1.19 bits per heavy atom. The molecule has 4 aromatic heterocycles. The summed E-state index contributed by atoms with van der Waals surface area (Å²) < 4.78 is 16.8. The quantitative estimate of drug-likeness (QED) is 0.577. The number of aryl methyl sites for hydroxylation is 1. The van der Waals surface area contributed by atoms with Crippen LogP contribution in [0.3, 0.4) is 0 Å². The van der Waals surface area contributed by atoms with E-state index in [-0.39, 0.29) is 12.0 Å². The van der Waals surface area contributed by atoms with Gasteiger partial charge in [-0.2, -0.15) is 9.97 Å². The van der Waals surface area contributed by atoms with Gasteiger partial charge in [-0.15, -0.1) is 0 Å². The lowest BCUT2D eigenvalue weighted by molar-refractivity contribution is 0.578. The summed E-state index contributed by atoms with van der Waals surface area (Å²) in [6.07, 6.45) is 7.64. The molecule has 4 heterocycles. The van der Waals surface area contributed by atoms with Crippen molar-refractivity contribution in [3.8, 4) is 0 Å². The highest BCUT2D eigenvalue weighted by molar-refractivity contribution is 5.90. The zero-order chi connectivity index (χ0) is 18.3. The molecule has 0 bridgehead atoms. The Labute approximate surface area is 147 Å². The molecule has 0 aliphatic carbocycles. The molecule has 9 nitrogen and oxygen atoms in total. The van der Waals surface area contributed by atoms with Gasteiger partial charge in [0.2, 0.25) is 5.95 Å². The number of hydrogen-bond donors (Lipinski definition) is 2. The third-order valence-corrected chi connectivity index (χ3v) is 3.97. The first-order valence-electron chi connectivity index (χ1n) is 7.88. The first kappa shape index (κ1) is 15.9. The molecule has 0 aliphatic heterocycles. The third-order valence-electron chi connectivity index (χ3n) is 3.97. The fourth-order valence-corrected chi connectivity index (χ4v) is 2.72. The van der Waals surface area contributed by atoms with Gasteiger partial charge in [0, 0.05) is 19.4 Å². The van der Waals surface area contributed by atoms with Crippen molar-refractivity contribution in [3.63, 3.8) is 0 Å². The molecule has 4 aromatic rings. The van der Waals surface area contributed by atoms with Crippen LogP contribution in [0.4, 0.5) is 22.0 Å². The second-order valence-electron chi connectivity index (χ2n) is 5.88. The van der Waals surface area contributed by atoms with Gasteiger partial charge in [0.15, 0.2) is 11.6 Å². The highest BCUT2D eigenvalue weighted by atomic mass is 19.1. The molecule has 4 rings (SSSR count). The van der Waals surface area contributed by atoms with Crippen molar-refractivity contribution in [3.05, 3.63) is 48.8 Å². The summed E-state index contributed by atoms with van der Waals surface area (Å²) in [4.78, 5) is 20.9. The van der Waals surface area contributed by atoms with Crippen molar-refractivity contribution in [1.29, 1.82) is 0 Å². The molecule has 0 fully saturated rings. The minimum absolute atomic E-state index is 0.128. The fraction of sp³-hybridized carbons (Fsp3) is 0.188. The molecule has 0 aromatic carbocycles. The van der Waals surface area contributed by atoms with E-state index < -0.39 is 5.82 Å². The zero-order valence-corrected chi connectivity index (χ0v) is 14.1. The predicted molar refractivity (Wildman–Crippen MR) is 94.2 cm³/mol. The highest BCUT2D eigenvalue weighted by Gasteiger charge is 2.17. The van der Waals surface area contributed by atoms with Gasteiger partial charge < -0.3 is 20.2 Å². The Kier molecular flexibility index (Phi) is 3.72. The van der Waals surface area contributed by atoms with E-state index in [1.165, 1.54) is 0 Å². The second-order valence-corrected chi connectivity index (χ2v) is 5.88. The van der Waals surface area contributed by atoms with Crippen molar-refractivity contribution in [2.24, 2.45) is 7.05 Å². The van der Waals surface area contributed by atoms with E-state index in [9.17, 15) is 4.39 Å². The number of rotatable bonds is 4. The number of anilines is 3. The van der Waals surface area contributed by atoms with Gasteiger partial charge in [-0.05, 0) is 13.0 Å². The lowest BCUT2D eigenvalue weighted by Crippen LogP contribution is -2.11. The lowest BCUT2D eigenvalue weighted by atomic mass is 10.3. The number of nitrogens with zero attached hydrogens (tertiary/aromatic N) is 7. The minimum Gasteiger partial charge on any atom is -0.368 e. The summed E-state index contributed by atoms with van der Waals surface area (Å²) >= 11 is 0. The van der Waals surface area contributed by atoms with Gasteiger partial charge in [-0.25, -0.2) is 19.3 Å². The predicted octanol–water partition coefficient (Wildman–Crippen LogP) is 2.03. The van der Waals surface area contributed by atoms with Crippen LogP contribution >= 0.6 is 0 Å². The second kappa shape index (κ2) is 6.06. The number of aromatic nitrogens is 7. The molecule has 1 atom stereocenters. The van der Waals surface area contributed by atoms with E-state index in [0.717, 1.165) is 17.8 Å². The van der Waals surface area contributed by atoms with E-state index in [2.05, 4.69) is 30.2 Å². The van der Waals surface area contributed by atoms with Crippen LogP contribution in [0.15, 0.2) is 37.2 Å². The molecule has 0 saturated heterocycles. The van der Waals surface area contributed by atoms with Crippen molar-refractivity contribution >= 4 is 28.6 Å². The largest absolute Gasteiger partial charge is 0.368 e. The maximum absolute atomic E-state index is 13.1. The Morgan fingerprint density at radius 3 is 2.65 bits per heavy atom. The van der Waals surface area contributed by atoms with Crippen LogP contribution in [0.5, 0.6) is 0 Å². The summed E-state index contributed by atoms with van der Waals surface area (Å²) in [6.45, 7) is 1.90. The molecule has 0 amide bonds. The third kappa shape index (κ3) is 2.81. The summed E-state index contributed by atoms with van der Waals surface area (Å²) in [5.74, 6) is 1.32. The molecule has 0 radical (unpaired) electrons. The number of nitrogen functional groups attached to an aromatic ring is 1. The minimum atomic E-state index is -0.480. The smallest absolute Gasteiger partial charge is 0.224 e. The molecule has 0 spiro atoms. The van der Waals surface area contributed by atoms with Crippen LogP contribution in [0.2, 0.25) is 0 Å². The molecule has 3 N–H and O–H groups in total. The van der Waals surface area contributed by atoms with E-state index in [1.54, 1.807) is 6.33 Å². The number of imidazole rings is 1. The van der Waals surface area contributed by atoms with Gasteiger partial charge in [0.05, 0.1) is 30.1 Å². The summed E-state index contributed by atoms with van der Waals surface area (Å²) in [7, 11) is 1.88. The SMILES string of the molecule is CC(c1ncc(F)cn1)n1ccc2c(Nc3cn(C)cn3)nc(N)nc21. The Hall–Kier alpha value is -3.56. The maximum atomic E-state index is 13.1. The van der Waals surface area contributed by atoms with E-state index in [1.807, 2.05) is 41.6 Å². The number of fused-ring (bicyclic) bond motifs is 1. The molecule has 0 aliphatic rings. The van der Waals surface area contributed by atoms with Crippen molar-refractivity contribution in [1.82, 2.24) is 34.1 Å².